The minimum absolute atomic E-state index is 0.0170. The van der Waals surface area contributed by atoms with E-state index in [1.54, 1.807) is 20.8 Å². The van der Waals surface area contributed by atoms with Crippen LogP contribution in [0.15, 0.2) is 29.2 Å². The van der Waals surface area contributed by atoms with Crippen molar-refractivity contribution in [1.29, 1.82) is 0 Å². The van der Waals surface area contributed by atoms with E-state index < -0.39 is 27.9 Å². The van der Waals surface area contributed by atoms with E-state index in [2.05, 4.69) is 5.32 Å². The summed E-state index contributed by atoms with van der Waals surface area (Å²) in [6.07, 6.45) is 0.0170. The van der Waals surface area contributed by atoms with Crippen LogP contribution in [0.3, 0.4) is 0 Å². The molecule has 7 nitrogen and oxygen atoms in total. The largest absolute Gasteiger partial charge is 0.370 e. The van der Waals surface area contributed by atoms with Crippen molar-refractivity contribution in [3.63, 3.8) is 0 Å². The van der Waals surface area contributed by atoms with Crippen LogP contribution in [0.1, 0.15) is 37.6 Å². The van der Waals surface area contributed by atoms with Crippen molar-refractivity contribution in [2.24, 2.45) is 5.73 Å². The Morgan fingerprint density at radius 1 is 1.26 bits per heavy atom. The van der Waals surface area contributed by atoms with Gasteiger partial charge >= 0.3 is 0 Å². The summed E-state index contributed by atoms with van der Waals surface area (Å²) in [5.74, 6) is -0.967. The average molecular weight is 341 g/mol. The summed E-state index contributed by atoms with van der Waals surface area (Å²) in [5, 5.41) is 2.62. The molecule has 0 aliphatic carbocycles. The van der Waals surface area contributed by atoms with Gasteiger partial charge in [-0.05, 0) is 25.1 Å². The van der Waals surface area contributed by atoms with E-state index in [4.69, 9.17) is 5.73 Å². The van der Waals surface area contributed by atoms with Gasteiger partial charge in [0, 0.05) is 31.1 Å². The lowest BCUT2D eigenvalue weighted by molar-refractivity contribution is -0.118. The molecule has 1 aromatic rings. The van der Waals surface area contributed by atoms with E-state index in [0.717, 1.165) is 0 Å². The van der Waals surface area contributed by atoms with Crippen molar-refractivity contribution in [3.8, 4) is 0 Å². The number of nitrogens with zero attached hydrogens (tertiary/aromatic N) is 1. The Morgan fingerprint density at radius 2 is 1.87 bits per heavy atom. The zero-order valence-corrected chi connectivity index (χ0v) is 14.4. The maximum atomic E-state index is 12.5. The quantitative estimate of drug-likeness (QED) is 0.725. The number of primary amides is 1. The molecule has 0 spiro atoms. The molecule has 1 aromatic carbocycles. The molecule has 23 heavy (non-hydrogen) atoms. The number of nitrogens with two attached hydrogens (primary N) is 1. The maximum absolute atomic E-state index is 12.5. The highest BCUT2D eigenvalue weighted by molar-refractivity contribution is 7.89. The zero-order valence-electron chi connectivity index (χ0n) is 13.6. The van der Waals surface area contributed by atoms with Crippen molar-refractivity contribution in [2.75, 3.05) is 13.1 Å². The third kappa shape index (κ3) is 5.04. The molecule has 1 atom stereocenters. The summed E-state index contributed by atoms with van der Waals surface area (Å²) in [5.41, 5.74) is 5.29. The fraction of sp³-hybridized carbons (Fsp3) is 0.467. The molecule has 3 N–H and O–H groups in total. The standard InChI is InChI=1S/C15H23N3O4S/c1-4-18(5-2)23(21,22)13-8-6-7-12(10-13)15(20)17-11(3)9-14(16)19/h6-8,10-11H,4-5,9H2,1-3H3,(H2,16,19)(H,17,20)/t11-/m1/s1. The third-order valence-electron chi connectivity index (χ3n) is 3.32. The highest BCUT2D eigenvalue weighted by Gasteiger charge is 2.22. The molecule has 0 aliphatic heterocycles. The Balaban J connectivity index is 3.01. The van der Waals surface area contributed by atoms with Crippen molar-refractivity contribution in [2.45, 2.75) is 38.1 Å². The smallest absolute Gasteiger partial charge is 0.251 e. The summed E-state index contributed by atoms with van der Waals surface area (Å²) >= 11 is 0. The van der Waals surface area contributed by atoms with Gasteiger partial charge in [-0.2, -0.15) is 4.31 Å². The SMILES string of the molecule is CCN(CC)S(=O)(=O)c1cccc(C(=O)N[C@H](C)CC(N)=O)c1. The molecule has 1 rings (SSSR count). The summed E-state index contributed by atoms with van der Waals surface area (Å²) in [6, 6.07) is 5.40. The first-order chi connectivity index (χ1) is 10.7. The second-order valence-electron chi connectivity index (χ2n) is 5.16. The first kappa shape index (κ1) is 19.1. The Morgan fingerprint density at radius 3 is 2.39 bits per heavy atom. The summed E-state index contributed by atoms with van der Waals surface area (Å²) in [6.45, 7) is 5.86. The van der Waals surface area contributed by atoms with E-state index in [1.807, 2.05) is 0 Å². The molecule has 0 unspecified atom stereocenters. The van der Waals surface area contributed by atoms with Crippen LogP contribution in [0.2, 0.25) is 0 Å². The third-order valence-corrected chi connectivity index (χ3v) is 5.37. The Bertz CT molecular complexity index is 669. The van der Waals surface area contributed by atoms with Gasteiger partial charge < -0.3 is 11.1 Å². The van der Waals surface area contributed by atoms with Gasteiger partial charge in [-0.25, -0.2) is 8.42 Å². The zero-order chi connectivity index (χ0) is 17.6. The first-order valence-corrected chi connectivity index (χ1v) is 8.85. The number of sulfonamides is 1. The Labute approximate surface area is 136 Å². The molecule has 0 fully saturated rings. The number of rotatable bonds is 8. The van der Waals surface area contributed by atoms with Crippen LogP contribution in [-0.4, -0.2) is 43.7 Å². The van der Waals surface area contributed by atoms with Crippen molar-refractivity contribution >= 4 is 21.8 Å². The van der Waals surface area contributed by atoms with Gasteiger partial charge in [0.2, 0.25) is 15.9 Å². The van der Waals surface area contributed by atoms with Crippen LogP contribution in [0.4, 0.5) is 0 Å². The molecular formula is C15H23N3O4S. The number of hydrogen-bond donors (Lipinski definition) is 2. The van der Waals surface area contributed by atoms with Gasteiger partial charge in [0.25, 0.3) is 5.91 Å². The van der Waals surface area contributed by atoms with Gasteiger partial charge in [-0.1, -0.05) is 19.9 Å². The molecule has 8 heteroatoms. The molecule has 0 saturated heterocycles. The summed E-state index contributed by atoms with van der Waals surface area (Å²) in [7, 11) is -3.63. The van der Waals surface area contributed by atoms with Gasteiger partial charge in [0.05, 0.1) is 4.90 Å². The number of hydrogen-bond acceptors (Lipinski definition) is 4. The van der Waals surface area contributed by atoms with E-state index >= 15 is 0 Å². The van der Waals surface area contributed by atoms with E-state index in [1.165, 1.54) is 28.6 Å². The number of nitrogens with one attached hydrogen (secondary N) is 1. The minimum atomic E-state index is -3.63. The lowest BCUT2D eigenvalue weighted by Crippen LogP contribution is -2.36. The fourth-order valence-corrected chi connectivity index (χ4v) is 3.67. The van der Waals surface area contributed by atoms with Gasteiger partial charge in [-0.15, -0.1) is 0 Å². The first-order valence-electron chi connectivity index (χ1n) is 7.41. The molecule has 0 radical (unpaired) electrons. The molecule has 0 aromatic heterocycles. The number of carbonyl (C=O) groups excluding carboxylic acids is 2. The summed E-state index contributed by atoms with van der Waals surface area (Å²) < 4.78 is 26.3. The van der Waals surface area contributed by atoms with Crippen LogP contribution in [0.5, 0.6) is 0 Å². The van der Waals surface area contributed by atoms with Gasteiger partial charge in [0.15, 0.2) is 0 Å². The Hall–Kier alpha value is -1.93. The van der Waals surface area contributed by atoms with Gasteiger partial charge in [0.1, 0.15) is 0 Å². The summed E-state index contributed by atoms with van der Waals surface area (Å²) in [4.78, 5) is 23.1. The lowest BCUT2D eigenvalue weighted by Gasteiger charge is -2.19. The van der Waals surface area contributed by atoms with Crippen LogP contribution in [0.25, 0.3) is 0 Å². The topological polar surface area (TPSA) is 110 Å². The molecule has 0 aliphatic rings. The molecule has 128 valence electrons. The normalized spacial score (nSPS) is 12.9. The molecule has 2 amide bonds. The van der Waals surface area contributed by atoms with Crippen LogP contribution >= 0.6 is 0 Å². The number of amides is 2. The van der Waals surface area contributed by atoms with Crippen LogP contribution in [-0.2, 0) is 14.8 Å². The highest BCUT2D eigenvalue weighted by Crippen LogP contribution is 2.17. The molecule has 0 heterocycles. The molecule has 0 bridgehead atoms. The van der Waals surface area contributed by atoms with E-state index in [-0.39, 0.29) is 16.9 Å². The average Bonchev–Trinajstić information content (AvgIpc) is 2.47. The second kappa shape index (κ2) is 8.07. The minimum Gasteiger partial charge on any atom is -0.370 e. The fourth-order valence-electron chi connectivity index (χ4n) is 2.17. The van der Waals surface area contributed by atoms with E-state index in [0.29, 0.717) is 13.1 Å². The van der Waals surface area contributed by atoms with Crippen LogP contribution in [0, 0.1) is 0 Å². The number of carbonyl (C=O) groups is 2. The lowest BCUT2D eigenvalue weighted by atomic mass is 10.1. The monoisotopic (exact) mass is 341 g/mol. The number of benzene rings is 1. The molecular weight excluding hydrogens is 318 g/mol. The van der Waals surface area contributed by atoms with Gasteiger partial charge in [-0.3, -0.25) is 9.59 Å². The Kier molecular flexibility index (Phi) is 6.71. The van der Waals surface area contributed by atoms with E-state index in [9.17, 15) is 18.0 Å². The molecule has 0 saturated carbocycles. The van der Waals surface area contributed by atoms with Crippen molar-refractivity contribution < 1.29 is 18.0 Å². The predicted octanol–water partition coefficient (Wildman–Crippen LogP) is 0.711. The van der Waals surface area contributed by atoms with Crippen molar-refractivity contribution in [3.05, 3.63) is 29.8 Å². The predicted molar refractivity (Wildman–Crippen MR) is 87.3 cm³/mol. The maximum Gasteiger partial charge on any atom is 0.251 e. The van der Waals surface area contributed by atoms with Crippen molar-refractivity contribution in [1.82, 2.24) is 9.62 Å². The highest BCUT2D eigenvalue weighted by atomic mass is 32.2. The second-order valence-corrected chi connectivity index (χ2v) is 7.10. The van der Waals surface area contributed by atoms with Crippen LogP contribution < -0.4 is 11.1 Å².